The zero-order chi connectivity index (χ0) is 27.7. The van der Waals surface area contributed by atoms with Gasteiger partial charge in [0.2, 0.25) is 5.90 Å². The van der Waals surface area contributed by atoms with Crippen LogP contribution in [0.3, 0.4) is 0 Å². The summed E-state index contributed by atoms with van der Waals surface area (Å²) in [4.78, 5) is 39.2. The fraction of sp³-hybridized carbons (Fsp3) is 0.364. The molecular weight excluding hydrogens is 530 g/mol. The highest BCUT2D eigenvalue weighted by atomic mass is 35.5. The molecule has 2 heterocycles. The van der Waals surface area contributed by atoms with Crippen molar-refractivity contribution in [2.75, 3.05) is 14.2 Å². The SMILES string of the molecule is COC(=O)C(OC)Oc1ccccc1OC1=NC(n2c(=O)cc(C(F)(F)F)n(C)c2=O)=C(F)CC1(C)Cl. The first-order valence-corrected chi connectivity index (χ1v) is 10.7. The van der Waals surface area contributed by atoms with Crippen LogP contribution in [0.2, 0.25) is 0 Å². The van der Waals surface area contributed by atoms with E-state index in [1.54, 1.807) is 0 Å². The van der Waals surface area contributed by atoms with Gasteiger partial charge in [-0.2, -0.15) is 18.2 Å². The highest BCUT2D eigenvalue weighted by molar-refractivity contribution is 6.35. The molecule has 2 atom stereocenters. The number of methoxy groups -OCH3 is 2. The van der Waals surface area contributed by atoms with Gasteiger partial charge in [0.05, 0.1) is 7.11 Å². The van der Waals surface area contributed by atoms with Crippen LogP contribution in [-0.2, 0) is 27.5 Å². The van der Waals surface area contributed by atoms with Crippen molar-refractivity contribution in [3.05, 3.63) is 62.7 Å². The van der Waals surface area contributed by atoms with Crippen LogP contribution < -0.4 is 20.7 Å². The number of rotatable bonds is 6. The van der Waals surface area contributed by atoms with Crippen molar-refractivity contribution in [1.82, 2.24) is 9.13 Å². The second-order valence-corrected chi connectivity index (χ2v) is 8.65. The lowest BCUT2D eigenvalue weighted by atomic mass is 10.0. The van der Waals surface area contributed by atoms with Crippen molar-refractivity contribution >= 4 is 29.3 Å². The fourth-order valence-electron chi connectivity index (χ4n) is 3.25. The van der Waals surface area contributed by atoms with E-state index in [1.807, 2.05) is 0 Å². The molecule has 0 saturated heterocycles. The largest absolute Gasteiger partial charge is 0.464 e. The minimum atomic E-state index is -5.01. The summed E-state index contributed by atoms with van der Waals surface area (Å²) < 4.78 is 75.5. The number of hydrogen-bond acceptors (Lipinski definition) is 8. The van der Waals surface area contributed by atoms with E-state index >= 15 is 4.39 Å². The molecule has 2 aromatic rings. The van der Waals surface area contributed by atoms with Gasteiger partial charge in [-0.15, -0.1) is 11.6 Å². The zero-order valence-corrected chi connectivity index (χ0v) is 20.5. The van der Waals surface area contributed by atoms with Gasteiger partial charge >= 0.3 is 17.8 Å². The topological polar surface area (TPSA) is 110 Å². The second-order valence-electron chi connectivity index (χ2n) is 7.82. The van der Waals surface area contributed by atoms with Gasteiger partial charge in [0.1, 0.15) is 16.4 Å². The summed E-state index contributed by atoms with van der Waals surface area (Å²) in [7, 11) is 3.08. The Hall–Kier alpha value is -3.65. The number of nitrogens with zero attached hydrogens (tertiary/aromatic N) is 3. The van der Waals surface area contributed by atoms with E-state index in [9.17, 15) is 27.6 Å². The van der Waals surface area contributed by atoms with Gasteiger partial charge in [-0.3, -0.25) is 9.36 Å². The average Bonchev–Trinajstić information content (AvgIpc) is 2.81. The Balaban J connectivity index is 2.09. The van der Waals surface area contributed by atoms with E-state index in [1.165, 1.54) is 38.3 Å². The van der Waals surface area contributed by atoms with Gasteiger partial charge in [-0.25, -0.2) is 18.5 Å². The Labute approximate surface area is 211 Å². The van der Waals surface area contributed by atoms with Crippen molar-refractivity contribution in [3.63, 3.8) is 0 Å². The summed E-state index contributed by atoms with van der Waals surface area (Å²) in [6.07, 6.45) is -7.12. The van der Waals surface area contributed by atoms with E-state index < -0.39 is 64.2 Å². The molecule has 37 heavy (non-hydrogen) atoms. The van der Waals surface area contributed by atoms with Crippen molar-refractivity contribution in [1.29, 1.82) is 0 Å². The summed E-state index contributed by atoms with van der Waals surface area (Å²) >= 11 is 6.40. The van der Waals surface area contributed by atoms with Gasteiger partial charge in [0.25, 0.3) is 11.8 Å². The number of hydrogen-bond donors (Lipinski definition) is 0. The number of carbonyl (C=O) groups excluding carboxylic acids is 1. The van der Waals surface area contributed by atoms with Crippen molar-refractivity contribution in [2.45, 2.75) is 30.7 Å². The van der Waals surface area contributed by atoms with Crippen molar-refractivity contribution in [3.8, 4) is 11.5 Å². The summed E-state index contributed by atoms with van der Waals surface area (Å²) in [5.41, 5.74) is -4.48. The lowest BCUT2D eigenvalue weighted by Gasteiger charge is -2.28. The fourth-order valence-corrected chi connectivity index (χ4v) is 3.45. The molecule has 0 fully saturated rings. The molecule has 0 spiro atoms. The maximum absolute atomic E-state index is 15.0. The predicted molar refractivity (Wildman–Crippen MR) is 122 cm³/mol. The van der Waals surface area contributed by atoms with Gasteiger partial charge in [0.15, 0.2) is 17.3 Å². The zero-order valence-electron chi connectivity index (χ0n) is 19.8. The minimum Gasteiger partial charge on any atom is -0.464 e. The van der Waals surface area contributed by atoms with Crippen LogP contribution in [0.15, 0.2) is 50.7 Å². The smallest absolute Gasteiger partial charge is 0.431 e. The number of benzene rings is 1. The lowest BCUT2D eigenvalue weighted by Crippen LogP contribution is -2.43. The number of para-hydroxylation sites is 2. The molecule has 0 radical (unpaired) electrons. The van der Waals surface area contributed by atoms with Crippen LogP contribution in [0.4, 0.5) is 17.6 Å². The molecule has 0 N–H and O–H groups in total. The van der Waals surface area contributed by atoms with Crippen molar-refractivity contribution in [2.24, 2.45) is 12.0 Å². The van der Waals surface area contributed by atoms with Crippen LogP contribution in [0, 0.1) is 0 Å². The van der Waals surface area contributed by atoms with E-state index in [2.05, 4.69) is 9.73 Å². The Morgan fingerprint density at radius 1 is 1.19 bits per heavy atom. The molecule has 200 valence electrons. The first kappa shape index (κ1) is 27.9. The molecule has 10 nitrogen and oxygen atoms in total. The second kappa shape index (κ2) is 10.4. The summed E-state index contributed by atoms with van der Waals surface area (Å²) in [5.74, 6) is -3.43. The molecule has 1 aliphatic rings. The van der Waals surface area contributed by atoms with Crippen LogP contribution in [-0.4, -0.2) is 46.4 Å². The van der Waals surface area contributed by atoms with Crippen LogP contribution in [0.1, 0.15) is 19.0 Å². The molecule has 1 aliphatic heterocycles. The van der Waals surface area contributed by atoms with E-state index in [-0.39, 0.29) is 26.7 Å². The first-order chi connectivity index (χ1) is 17.2. The quantitative estimate of drug-likeness (QED) is 0.236. The summed E-state index contributed by atoms with van der Waals surface area (Å²) in [6.45, 7) is 1.33. The number of esters is 1. The van der Waals surface area contributed by atoms with E-state index in [4.69, 9.17) is 25.8 Å². The van der Waals surface area contributed by atoms with Gasteiger partial charge in [-0.1, -0.05) is 12.1 Å². The molecular formula is C22H20ClF4N3O7. The molecule has 1 aromatic heterocycles. The Kier molecular flexibility index (Phi) is 7.83. The minimum absolute atomic E-state index is 0.0471. The Morgan fingerprint density at radius 2 is 1.81 bits per heavy atom. The number of allylic oxidation sites excluding steroid dienone is 1. The molecule has 0 bridgehead atoms. The number of aromatic nitrogens is 2. The highest BCUT2D eigenvalue weighted by Gasteiger charge is 2.40. The van der Waals surface area contributed by atoms with Gasteiger partial charge in [-0.05, 0) is 19.1 Å². The first-order valence-electron chi connectivity index (χ1n) is 10.3. The number of carbonyl (C=O) groups is 1. The molecule has 3 rings (SSSR count). The van der Waals surface area contributed by atoms with E-state index in [0.29, 0.717) is 0 Å². The van der Waals surface area contributed by atoms with Gasteiger partial charge < -0.3 is 18.9 Å². The van der Waals surface area contributed by atoms with Gasteiger partial charge in [0, 0.05) is 26.6 Å². The maximum atomic E-state index is 15.0. The summed E-state index contributed by atoms with van der Waals surface area (Å²) in [5, 5.41) is 0. The van der Waals surface area contributed by atoms with E-state index in [0.717, 1.165) is 14.2 Å². The lowest BCUT2D eigenvalue weighted by molar-refractivity contribution is -0.170. The third-order valence-electron chi connectivity index (χ3n) is 5.10. The molecule has 0 aliphatic carbocycles. The molecule has 0 saturated carbocycles. The number of ether oxygens (including phenoxy) is 4. The van der Waals surface area contributed by atoms with Crippen LogP contribution in [0.25, 0.3) is 5.82 Å². The molecule has 2 unspecified atom stereocenters. The van der Waals surface area contributed by atoms with Crippen molar-refractivity contribution < 1.29 is 41.3 Å². The van der Waals surface area contributed by atoms with Crippen LogP contribution in [0.5, 0.6) is 11.5 Å². The third kappa shape index (κ3) is 5.69. The molecule has 1 aromatic carbocycles. The predicted octanol–water partition coefficient (Wildman–Crippen LogP) is 3.06. The van der Waals surface area contributed by atoms with Crippen LogP contribution >= 0.6 is 11.6 Å². The Bertz CT molecular complexity index is 1400. The number of aliphatic imine (C=N–C) groups is 1. The number of alkyl halides is 4. The standard InChI is InChI=1S/C22H20ClF4N3O7/c1-21(23)10-11(24)16(30-15(31)9-14(22(25,26)27)29(2)20(30)33)28-19(21)37-13-8-6-5-7-12(13)36-18(35-4)17(32)34-3/h5-9,18H,10H2,1-4H3. The molecule has 15 heteroatoms. The monoisotopic (exact) mass is 549 g/mol. The maximum Gasteiger partial charge on any atom is 0.431 e. The third-order valence-corrected chi connectivity index (χ3v) is 5.40. The highest BCUT2D eigenvalue weighted by Crippen LogP contribution is 2.37. The average molecular weight is 550 g/mol. The molecule has 0 amide bonds. The Morgan fingerprint density at radius 3 is 2.38 bits per heavy atom. The number of halogens is 5. The normalized spacial score (nSPS) is 18.8. The summed E-state index contributed by atoms with van der Waals surface area (Å²) in [6, 6.07) is 5.97.